The number of aromatic nitrogens is 3. The zero-order chi connectivity index (χ0) is 8.10. The molecule has 0 bridgehead atoms. The van der Waals surface area contributed by atoms with Gasteiger partial charge in [0.15, 0.2) is 6.33 Å². The van der Waals surface area contributed by atoms with Crippen LogP contribution in [0.4, 0.5) is 0 Å². The Hall–Kier alpha value is -1.39. The number of carbonyl (C=O) groups is 1. The van der Waals surface area contributed by atoms with Crippen molar-refractivity contribution in [2.24, 2.45) is 0 Å². The van der Waals surface area contributed by atoms with Crippen molar-refractivity contribution < 1.29 is 9.53 Å². The largest absolute Gasteiger partial charge is 0.466 e. The molecule has 0 aromatic carbocycles. The molecule has 1 radical (unpaired) electrons. The van der Waals surface area contributed by atoms with Crippen molar-refractivity contribution in [3.8, 4) is 0 Å². The Balaban J connectivity index is 2.37. The Morgan fingerprint density at radius 3 is 3.18 bits per heavy atom. The molecule has 0 aliphatic rings. The Kier molecular flexibility index (Phi) is 2.59. The standard InChI is InChI=1S/C6H8N3O2/c1-2-11-6(10)3-5-7-4-8-9-5/h2-3H2,1H3,(H,7,8,9). The van der Waals surface area contributed by atoms with Crippen molar-refractivity contribution >= 4 is 5.97 Å². The fraction of sp³-hybridized carbons (Fsp3) is 0.500. The lowest BCUT2D eigenvalue weighted by Gasteiger charge is -1.96. The molecule has 1 N–H and O–H groups in total. The predicted molar refractivity (Wildman–Crippen MR) is 35.6 cm³/mol. The molecule has 0 fully saturated rings. The number of H-pyrrole nitrogens is 1. The SMILES string of the molecule is CCOC(=O)Cc1nn[c][nH]1. The van der Waals surface area contributed by atoms with Gasteiger partial charge in [0.05, 0.1) is 6.61 Å². The first kappa shape index (κ1) is 7.71. The summed E-state index contributed by atoms with van der Waals surface area (Å²) in [5, 5.41) is 6.97. The summed E-state index contributed by atoms with van der Waals surface area (Å²) < 4.78 is 4.67. The lowest BCUT2D eigenvalue weighted by molar-refractivity contribution is -0.142. The van der Waals surface area contributed by atoms with E-state index in [0.717, 1.165) is 0 Å². The number of rotatable bonds is 3. The lowest BCUT2D eigenvalue weighted by atomic mass is 10.4. The smallest absolute Gasteiger partial charge is 0.313 e. The van der Waals surface area contributed by atoms with Crippen molar-refractivity contribution in [2.45, 2.75) is 13.3 Å². The van der Waals surface area contributed by atoms with Crippen LogP contribution in [0, 0.1) is 6.33 Å². The zero-order valence-corrected chi connectivity index (χ0v) is 6.13. The second kappa shape index (κ2) is 3.70. The molecule has 0 atom stereocenters. The summed E-state index contributed by atoms with van der Waals surface area (Å²) in [5.41, 5.74) is 0. The van der Waals surface area contributed by atoms with Crippen molar-refractivity contribution in [3.63, 3.8) is 0 Å². The molecular weight excluding hydrogens is 146 g/mol. The van der Waals surface area contributed by atoms with Crippen LogP contribution in [0.2, 0.25) is 0 Å². The van der Waals surface area contributed by atoms with Crippen LogP contribution in [-0.4, -0.2) is 27.8 Å². The van der Waals surface area contributed by atoms with E-state index in [1.54, 1.807) is 6.92 Å². The topological polar surface area (TPSA) is 67.9 Å². The van der Waals surface area contributed by atoms with Gasteiger partial charge >= 0.3 is 5.97 Å². The molecule has 0 aliphatic heterocycles. The third-order valence-electron chi connectivity index (χ3n) is 1.04. The monoisotopic (exact) mass is 154 g/mol. The van der Waals surface area contributed by atoms with E-state index in [1.807, 2.05) is 0 Å². The molecule has 11 heavy (non-hydrogen) atoms. The van der Waals surface area contributed by atoms with Crippen LogP contribution in [0.15, 0.2) is 0 Å². The van der Waals surface area contributed by atoms with Crippen LogP contribution in [-0.2, 0) is 16.0 Å². The van der Waals surface area contributed by atoms with E-state index in [-0.39, 0.29) is 12.4 Å². The van der Waals surface area contributed by atoms with Crippen LogP contribution in [0.25, 0.3) is 0 Å². The van der Waals surface area contributed by atoms with Gasteiger partial charge in [-0.05, 0) is 6.92 Å². The van der Waals surface area contributed by atoms with E-state index in [1.165, 1.54) is 0 Å². The van der Waals surface area contributed by atoms with E-state index in [4.69, 9.17) is 0 Å². The molecular formula is C6H8N3O2. The number of ether oxygens (including phenoxy) is 1. The second-order valence-electron chi connectivity index (χ2n) is 1.87. The number of esters is 1. The summed E-state index contributed by atoms with van der Waals surface area (Å²) >= 11 is 0. The highest BCUT2D eigenvalue weighted by molar-refractivity contribution is 5.71. The van der Waals surface area contributed by atoms with E-state index in [9.17, 15) is 4.79 Å². The second-order valence-corrected chi connectivity index (χ2v) is 1.87. The molecule has 0 saturated heterocycles. The Labute approximate surface area is 63.8 Å². The Morgan fingerprint density at radius 1 is 1.82 bits per heavy atom. The minimum absolute atomic E-state index is 0.129. The number of hydrogen-bond donors (Lipinski definition) is 1. The first-order valence-electron chi connectivity index (χ1n) is 3.26. The quantitative estimate of drug-likeness (QED) is 0.607. The molecule has 1 heterocycles. The number of nitrogens with zero attached hydrogens (tertiary/aromatic N) is 2. The number of aromatic amines is 1. The van der Waals surface area contributed by atoms with Gasteiger partial charge in [-0.25, -0.2) is 0 Å². The lowest BCUT2D eigenvalue weighted by Crippen LogP contribution is -2.08. The minimum Gasteiger partial charge on any atom is -0.466 e. The van der Waals surface area contributed by atoms with Crippen LogP contribution < -0.4 is 0 Å². The highest BCUT2D eigenvalue weighted by Gasteiger charge is 2.05. The van der Waals surface area contributed by atoms with E-state index in [2.05, 4.69) is 26.2 Å². The zero-order valence-electron chi connectivity index (χ0n) is 6.13. The van der Waals surface area contributed by atoms with Gasteiger partial charge in [-0.3, -0.25) is 4.79 Å². The van der Waals surface area contributed by atoms with Crippen molar-refractivity contribution in [1.82, 2.24) is 15.2 Å². The van der Waals surface area contributed by atoms with Gasteiger partial charge in [-0.1, -0.05) is 0 Å². The molecule has 0 amide bonds. The number of nitrogens with one attached hydrogen (secondary N) is 1. The molecule has 0 saturated carbocycles. The molecule has 0 unspecified atom stereocenters. The van der Waals surface area contributed by atoms with Crippen LogP contribution in [0.1, 0.15) is 12.7 Å². The van der Waals surface area contributed by atoms with Gasteiger partial charge in [0, 0.05) is 0 Å². The van der Waals surface area contributed by atoms with Gasteiger partial charge in [0.25, 0.3) is 0 Å². The van der Waals surface area contributed by atoms with E-state index < -0.39 is 0 Å². The fourth-order valence-electron chi connectivity index (χ4n) is 0.628. The van der Waals surface area contributed by atoms with Crippen LogP contribution >= 0.6 is 0 Å². The highest BCUT2D eigenvalue weighted by Crippen LogP contribution is 1.89. The normalized spacial score (nSPS) is 9.55. The molecule has 5 heteroatoms. The van der Waals surface area contributed by atoms with Gasteiger partial charge in [0.2, 0.25) is 0 Å². The molecule has 59 valence electrons. The number of hydrogen-bond acceptors (Lipinski definition) is 4. The summed E-state index contributed by atoms with van der Waals surface area (Å²) in [7, 11) is 0. The average molecular weight is 154 g/mol. The maximum absolute atomic E-state index is 10.8. The third-order valence-corrected chi connectivity index (χ3v) is 1.04. The summed E-state index contributed by atoms with van der Waals surface area (Å²) in [6.45, 7) is 2.14. The molecule has 1 aromatic heterocycles. The van der Waals surface area contributed by atoms with Crippen molar-refractivity contribution in [1.29, 1.82) is 0 Å². The maximum Gasteiger partial charge on any atom is 0.313 e. The first-order chi connectivity index (χ1) is 5.33. The predicted octanol–water partition coefficient (Wildman–Crippen LogP) is -0.290. The van der Waals surface area contributed by atoms with Crippen LogP contribution in [0.5, 0.6) is 0 Å². The molecule has 0 aliphatic carbocycles. The van der Waals surface area contributed by atoms with Gasteiger partial charge < -0.3 is 9.72 Å². The third kappa shape index (κ3) is 2.37. The fourth-order valence-corrected chi connectivity index (χ4v) is 0.628. The molecule has 5 nitrogen and oxygen atoms in total. The summed E-state index contributed by atoms with van der Waals surface area (Å²) in [6, 6.07) is 0. The minimum atomic E-state index is -0.308. The average Bonchev–Trinajstić information content (AvgIpc) is 2.40. The van der Waals surface area contributed by atoms with E-state index in [0.29, 0.717) is 12.4 Å². The van der Waals surface area contributed by atoms with Crippen LogP contribution in [0.3, 0.4) is 0 Å². The van der Waals surface area contributed by atoms with E-state index >= 15 is 0 Å². The summed E-state index contributed by atoms with van der Waals surface area (Å²) in [4.78, 5) is 13.4. The highest BCUT2D eigenvalue weighted by atomic mass is 16.5. The first-order valence-corrected chi connectivity index (χ1v) is 3.26. The molecule has 1 aromatic rings. The maximum atomic E-state index is 10.8. The van der Waals surface area contributed by atoms with Gasteiger partial charge in [-0.15, -0.1) is 10.2 Å². The van der Waals surface area contributed by atoms with Gasteiger partial charge in [-0.2, -0.15) is 0 Å². The van der Waals surface area contributed by atoms with Gasteiger partial charge in [0.1, 0.15) is 12.2 Å². The van der Waals surface area contributed by atoms with Crippen molar-refractivity contribution in [3.05, 3.63) is 12.2 Å². The van der Waals surface area contributed by atoms with Crippen molar-refractivity contribution in [2.75, 3.05) is 6.61 Å². The molecule has 0 spiro atoms. The number of carbonyl (C=O) groups excluding carboxylic acids is 1. The molecule has 1 rings (SSSR count). The summed E-state index contributed by atoms with van der Waals surface area (Å²) in [5.74, 6) is 0.168. The summed E-state index contributed by atoms with van der Waals surface area (Å²) in [6.07, 6.45) is 2.51. The Morgan fingerprint density at radius 2 is 2.64 bits per heavy atom. The Bertz CT molecular complexity index is 220.